The molecule has 92 valence electrons. The van der Waals surface area contributed by atoms with E-state index in [-0.39, 0.29) is 11.4 Å². The highest BCUT2D eigenvalue weighted by Gasteiger charge is 2.31. The summed E-state index contributed by atoms with van der Waals surface area (Å²) in [7, 11) is 0. The van der Waals surface area contributed by atoms with Crippen molar-refractivity contribution in [2.24, 2.45) is 5.73 Å². The van der Waals surface area contributed by atoms with Crippen LogP contribution in [0.4, 0.5) is 5.82 Å². The molecule has 0 fully saturated rings. The van der Waals surface area contributed by atoms with Crippen LogP contribution in [0.2, 0.25) is 0 Å². The molecule has 5 N–H and O–H groups in total. The molecule has 1 unspecified atom stereocenters. The topological polar surface area (TPSA) is 111 Å². The van der Waals surface area contributed by atoms with Crippen LogP contribution in [0.1, 0.15) is 30.6 Å². The zero-order valence-corrected chi connectivity index (χ0v) is 9.86. The maximum absolute atomic E-state index is 11.9. The lowest BCUT2D eigenvalue weighted by Crippen LogP contribution is -2.55. The maximum atomic E-state index is 11.9. The van der Waals surface area contributed by atoms with E-state index in [1.54, 1.807) is 19.9 Å². The molecule has 2 amide bonds. The van der Waals surface area contributed by atoms with Crippen LogP contribution in [0.15, 0.2) is 18.3 Å². The van der Waals surface area contributed by atoms with Gasteiger partial charge in [0.15, 0.2) is 0 Å². The van der Waals surface area contributed by atoms with Crippen LogP contribution in [0, 0.1) is 0 Å². The molecule has 0 spiro atoms. The van der Waals surface area contributed by atoms with Gasteiger partial charge in [-0.15, -0.1) is 0 Å². The normalized spacial score (nSPS) is 13.8. The van der Waals surface area contributed by atoms with E-state index in [9.17, 15) is 9.59 Å². The molecule has 1 aromatic heterocycles. The van der Waals surface area contributed by atoms with Gasteiger partial charge < -0.3 is 16.8 Å². The molecule has 0 aliphatic rings. The average molecular weight is 236 g/mol. The minimum absolute atomic E-state index is 0.118. The predicted octanol–water partition coefficient (Wildman–Crippen LogP) is 0.0476. The molecule has 0 saturated heterocycles. The van der Waals surface area contributed by atoms with Gasteiger partial charge in [-0.1, -0.05) is 6.92 Å². The second-order valence-corrected chi connectivity index (χ2v) is 3.94. The monoisotopic (exact) mass is 236 g/mol. The van der Waals surface area contributed by atoms with Crippen molar-refractivity contribution in [3.63, 3.8) is 0 Å². The summed E-state index contributed by atoms with van der Waals surface area (Å²) >= 11 is 0. The van der Waals surface area contributed by atoms with Crippen molar-refractivity contribution in [2.75, 3.05) is 5.73 Å². The number of primary amides is 1. The van der Waals surface area contributed by atoms with E-state index in [0.717, 1.165) is 0 Å². The molecule has 1 rings (SSSR count). The van der Waals surface area contributed by atoms with Gasteiger partial charge in [0, 0.05) is 6.20 Å². The van der Waals surface area contributed by atoms with E-state index in [4.69, 9.17) is 11.5 Å². The molecule has 0 bridgehead atoms. The minimum atomic E-state index is -1.08. The number of nitrogens with two attached hydrogens (primary N) is 2. The Morgan fingerprint density at radius 1 is 1.53 bits per heavy atom. The second-order valence-electron chi connectivity index (χ2n) is 3.94. The number of rotatable bonds is 4. The number of nitrogens with one attached hydrogen (secondary N) is 1. The molecule has 6 nitrogen and oxygen atoms in total. The van der Waals surface area contributed by atoms with Gasteiger partial charge in [-0.25, -0.2) is 4.98 Å². The first-order chi connectivity index (χ1) is 7.90. The van der Waals surface area contributed by atoms with Crippen LogP contribution < -0.4 is 16.8 Å². The van der Waals surface area contributed by atoms with Gasteiger partial charge in [-0.05, 0) is 25.5 Å². The summed E-state index contributed by atoms with van der Waals surface area (Å²) in [6, 6.07) is 3.13. The van der Waals surface area contributed by atoms with Gasteiger partial charge in [-0.3, -0.25) is 9.59 Å². The van der Waals surface area contributed by atoms with Crippen LogP contribution >= 0.6 is 0 Å². The van der Waals surface area contributed by atoms with E-state index in [2.05, 4.69) is 10.3 Å². The largest absolute Gasteiger partial charge is 0.383 e. The fraction of sp³-hybridized carbons (Fsp3) is 0.364. The first-order valence-electron chi connectivity index (χ1n) is 5.23. The molecule has 6 heteroatoms. The summed E-state index contributed by atoms with van der Waals surface area (Å²) < 4.78 is 0. The Morgan fingerprint density at radius 2 is 2.18 bits per heavy atom. The second kappa shape index (κ2) is 4.82. The maximum Gasteiger partial charge on any atom is 0.255 e. The quantitative estimate of drug-likeness (QED) is 0.685. The molecule has 17 heavy (non-hydrogen) atoms. The average Bonchev–Trinajstić information content (AvgIpc) is 2.29. The zero-order chi connectivity index (χ0) is 13.1. The molecular formula is C11H16N4O2. The van der Waals surface area contributed by atoms with Crippen molar-refractivity contribution in [2.45, 2.75) is 25.8 Å². The van der Waals surface area contributed by atoms with Gasteiger partial charge >= 0.3 is 0 Å². The lowest BCUT2D eigenvalue weighted by Gasteiger charge is -2.25. The molecular weight excluding hydrogens is 220 g/mol. The van der Waals surface area contributed by atoms with Gasteiger partial charge in [0.2, 0.25) is 5.91 Å². The Morgan fingerprint density at radius 3 is 2.65 bits per heavy atom. The van der Waals surface area contributed by atoms with Gasteiger partial charge in [0.1, 0.15) is 11.4 Å². The first kappa shape index (κ1) is 13.0. The van der Waals surface area contributed by atoms with E-state index in [1.165, 1.54) is 12.3 Å². The smallest absolute Gasteiger partial charge is 0.255 e. The lowest BCUT2D eigenvalue weighted by molar-refractivity contribution is -0.123. The summed E-state index contributed by atoms with van der Waals surface area (Å²) in [5, 5.41) is 2.57. The fourth-order valence-electron chi connectivity index (χ4n) is 1.25. The number of carbonyl (C=O) groups is 2. The van der Waals surface area contributed by atoms with Crippen molar-refractivity contribution >= 4 is 17.6 Å². The third-order valence-electron chi connectivity index (χ3n) is 2.72. The molecule has 1 heterocycles. The van der Waals surface area contributed by atoms with E-state index in [0.29, 0.717) is 6.42 Å². The van der Waals surface area contributed by atoms with Crippen LogP contribution in [0.25, 0.3) is 0 Å². The molecule has 0 aliphatic heterocycles. The number of nitrogens with zero attached hydrogens (tertiary/aromatic N) is 1. The Bertz CT molecular complexity index is 447. The molecule has 0 radical (unpaired) electrons. The Hall–Kier alpha value is -2.11. The number of carbonyl (C=O) groups excluding carboxylic acids is 2. The van der Waals surface area contributed by atoms with E-state index in [1.807, 2.05) is 0 Å². The lowest BCUT2D eigenvalue weighted by atomic mass is 9.97. The van der Waals surface area contributed by atoms with Gasteiger partial charge in [0.25, 0.3) is 5.91 Å². The Labute approximate surface area is 99.4 Å². The number of aromatic nitrogens is 1. The van der Waals surface area contributed by atoms with Crippen molar-refractivity contribution in [3.05, 3.63) is 23.9 Å². The third-order valence-corrected chi connectivity index (χ3v) is 2.72. The predicted molar refractivity (Wildman–Crippen MR) is 64.0 cm³/mol. The minimum Gasteiger partial charge on any atom is -0.383 e. The van der Waals surface area contributed by atoms with Crippen molar-refractivity contribution in [1.29, 1.82) is 0 Å². The third kappa shape index (κ3) is 2.72. The number of hydrogen-bond acceptors (Lipinski definition) is 4. The molecule has 1 aromatic rings. The van der Waals surface area contributed by atoms with E-state index >= 15 is 0 Å². The SMILES string of the molecule is CCC(C)(NC(=O)c1cccnc1N)C(N)=O. The fourth-order valence-corrected chi connectivity index (χ4v) is 1.25. The van der Waals surface area contributed by atoms with Crippen LogP contribution in [0.5, 0.6) is 0 Å². The van der Waals surface area contributed by atoms with Crippen LogP contribution in [-0.4, -0.2) is 22.3 Å². The summed E-state index contributed by atoms with van der Waals surface area (Å²) in [6.07, 6.45) is 1.88. The Balaban J connectivity index is 2.93. The molecule has 1 atom stereocenters. The van der Waals surface area contributed by atoms with Crippen LogP contribution in [0.3, 0.4) is 0 Å². The summed E-state index contributed by atoms with van der Waals surface area (Å²) in [4.78, 5) is 27.0. The summed E-state index contributed by atoms with van der Waals surface area (Å²) in [5.41, 5.74) is 9.96. The van der Waals surface area contributed by atoms with Gasteiger partial charge in [0.05, 0.1) is 5.56 Å². The number of nitrogen functional groups attached to an aromatic ring is 1. The zero-order valence-electron chi connectivity index (χ0n) is 9.86. The standard InChI is InChI=1S/C11H16N4O2/c1-3-11(2,10(13)17)15-9(16)7-5-4-6-14-8(7)12/h4-6H,3H2,1-2H3,(H2,12,14)(H2,13,17)(H,15,16). The van der Waals surface area contributed by atoms with Crippen molar-refractivity contribution in [3.8, 4) is 0 Å². The van der Waals surface area contributed by atoms with Crippen molar-refractivity contribution < 1.29 is 9.59 Å². The highest BCUT2D eigenvalue weighted by atomic mass is 16.2. The van der Waals surface area contributed by atoms with Crippen LogP contribution in [-0.2, 0) is 4.79 Å². The van der Waals surface area contributed by atoms with Crippen molar-refractivity contribution in [1.82, 2.24) is 10.3 Å². The molecule has 0 saturated carbocycles. The summed E-state index contributed by atoms with van der Waals surface area (Å²) in [5.74, 6) is -0.928. The highest BCUT2D eigenvalue weighted by Crippen LogP contribution is 2.12. The number of amides is 2. The van der Waals surface area contributed by atoms with E-state index < -0.39 is 17.4 Å². The first-order valence-corrected chi connectivity index (χ1v) is 5.23. The highest BCUT2D eigenvalue weighted by molar-refractivity contribution is 6.01. The number of hydrogen-bond donors (Lipinski definition) is 3. The van der Waals surface area contributed by atoms with Gasteiger partial charge in [-0.2, -0.15) is 0 Å². The molecule has 0 aliphatic carbocycles. The summed E-state index contributed by atoms with van der Waals surface area (Å²) in [6.45, 7) is 3.33. The number of anilines is 1. The molecule has 0 aromatic carbocycles. The number of pyridine rings is 1. The Kier molecular flexibility index (Phi) is 3.67.